The average Bonchev–Trinajstić information content (AvgIpc) is 2.85. The van der Waals surface area contributed by atoms with E-state index in [2.05, 4.69) is 53.8 Å². The van der Waals surface area contributed by atoms with Crippen LogP contribution in [-0.4, -0.2) is 48.6 Å². The van der Waals surface area contributed by atoms with Crippen LogP contribution in [0.1, 0.15) is 25.1 Å². The smallest absolute Gasteiger partial charge is 0.225 e. The highest BCUT2D eigenvalue weighted by Crippen LogP contribution is 2.32. The zero-order valence-corrected chi connectivity index (χ0v) is 14.8. The minimum atomic E-state index is 0.341. The number of thiophene rings is 1. The van der Waals surface area contributed by atoms with Gasteiger partial charge in [-0.15, -0.1) is 11.3 Å². The van der Waals surface area contributed by atoms with Gasteiger partial charge in [-0.1, -0.05) is 13.8 Å². The van der Waals surface area contributed by atoms with E-state index in [1.54, 1.807) is 11.3 Å². The molecule has 0 unspecified atom stereocenters. The first-order chi connectivity index (χ1) is 10.0. The Balaban J connectivity index is 2.42. The number of aromatic nitrogens is 2. The van der Waals surface area contributed by atoms with Gasteiger partial charge in [-0.2, -0.15) is 4.98 Å². The SMILES string of the molecule is CCCN(CCN(C)C)c1nc(Cl)nc2sc(CC)cc12. The summed E-state index contributed by atoms with van der Waals surface area (Å²) < 4.78 is 0. The number of halogens is 1. The Bertz CT molecular complexity index is 597. The van der Waals surface area contributed by atoms with Crippen LogP contribution >= 0.6 is 22.9 Å². The first kappa shape index (κ1) is 16.5. The summed E-state index contributed by atoms with van der Waals surface area (Å²) in [6, 6.07) is 2.21. The van der Waals surface area contributed by atoms with Crippen molar-refractivity contribution in [3.8, 4) is 0 Å². The van der Waals surface area contributed by atoms with Crippen LogP contribution in [0.25, 0.3) is 10.2 Å². The first-order valence-corrected chi connectivity index (χ1v) is 8.60. The third kappa shape index (κ3) is 4.05. The van der Waals surface area contributed by atoms with Crippen LogP contribution in [0.2, 0.25) is 5.28 Å². The summed E-state index contributed by atoms with van der Waals surface area (Å²) in [6.45, 7) is 7.27. The molecule has 0 spiro atoms. The monoisotopic (exact) mass is 326 g/mol. The Hall–Kier alpha value is -0.910. The van der Waals surface area contributed by atoms with Crippen LogP contribution in [0.15, 0.2) is 6.07 Å². The number of nitrogens with zero attached hydrogens (tertiary/aromatic N) is 4. The van der Waals surface area contributed by atoms with Gasteiger partial charge in [0.15, 0.2) is 0 Å². The zero-order valence-electron chi connectivity index (χ0n) is 13.2. The van der Waals surface area contributed by atoms with Gasteiger partial charge in [-0.3, -0.25) is 0 Å². The molecular formula is C15H23ClN4S. The predicted molar refractivity (Wildman–Crippen MR) is 92.9 cm³/mol. The zero-order chi connectivity index (χ0) is 15.4. The minimum Gasteiger partial charge on any atom is -0.355 e. The van der Waals surface area contributed by atoms with Crippen LogP contribution in [0.5, 0.6) is 0 Å². The van der Waals surface area contributed by atoms with E-state index in [1.165, 1.54) is 4.88 Å². The molecule has 0 aromatic carbocycles. The van der Waals surface area contributed by atoms with Gasteiger partial charge in [0.25, 0.3) is 0 Å². The Morgan fingerprint density at radius 2 is 1.90 bits per heavy atom. The molecule has 0 aliphatic rings. The molecule has 0 saturated heterocycles. The van der Waals surface area contributed by atoms with E-state index >= 15 is 0 Å². The number of aryl methyl sites for hydroxylation is 1. The third-order valence-corrected chi connectivity index (χ3v) is 4.70. The van der Waals surface area contributed by atoms with Gasteiger partial charge in [0.05, 0.1) is 5.39 Å². The van der Waals surface area contributed by atoms with E-state index in [1.807, 2.05) is 0 Å². The number of fused-ring (bicyclic) bond motifs is 1. The molecular weight excluding hydrogens is 304 g/mol. The third-order valence-electron chi connectivity index (χ3n) is 3.36. The van der Waals surface area contributed by atoms with E-state index in [4.69, 9.17) is 11.6 Å². The maximum absolute atomic E-state index is 6.13. The molecule has 2 rings (SSSR count). The second-order valence-electron chi connectivity index (χ2n) is 5.39. The first-order valence-electron chi connectivity index (χ1n) is 7.40. The average molecular weight is 327 g/mol. The fraction of sp³-hybridized carbons (Fsp3) is 0.600. The Morgan fingerprint density at radius 1 is 1.14 bits per heavy atom. The summed E-state index contributed by atoms with van der Waals surface area (Å²) in [7, 11) is 4.18. The Morgan fingerprint density at radius 3 is 2.52 bits per heavy atom. The van der Waals surface area contributed by atoms with Crippen molar-refractivity contribution in [3.63, 3.8) is 0 Å². The van der Waals surface area contributed by atoms with Gasteiger partial charge in [0.2, 0.25) is 5.28 Å². The largest absolute Gasteiger partial charge is 0.355 e. The number of hydrogen-bond donors (Lipinski definition) is 0. The molecule has 2 aromatic heterocycles. The van der Waals surface area contributed by atoms with Crippen LogP contribution in [0.3, 0.4) is 0 Å². The van der Waals surface area contributed by atoms with Crippen molar-refractivity contribution in [2.24, 2.45) is 0 Å². The second kappa shape index (κ2) is 7.38. The predicted octanol–water partition coefficient (Wildman–Crippen LogP) is 3.69. The lowest BCUT2D eigenvalue weighted by Crippen LogP contribution is -2.33. The minimum absolute atomic E-state index is 0.341. The van der Waals surface area contributed by atoms with Crippen molar-refractivity contribution < 1.29 is 0 Å². The fourth-order valence-corrected chi connectivity index (χ4v) is 3.44. The molecule has 0 aliphatic carbocycles. The number of anilines is 1. The van der Waals surface area contributed by atoms with Crippen molar-refractivity contribution in [1.82, 2.24) is 14.9 Å². The maximum atomic E-state index is 6.13. The summed E-state index contributed by atoms with van der Waals surface area (Å²) >= 11 is 7.84. The lowest BCUT2D eigenvalue weighted by molar-refractivity contribution is 0.412. The topological polar surface area (TPSA) is 32.3 Å². The van der Waals surface area contributed by atoms with Gasteiger partial charge >= 0.3 is 0 Å². The Labute approximate surface area is 135 Å². The summed E-state index contributed by atoms with van der Waals surface area (Å²) in [4.78, 5) is 15.7. The molecule has 6 heteroatoms. The van der Waals surface area contributed by atoms with E-state index in [0.29, 0.717) is 5.28 Å². The summed E-state index contributed by atoms with van der Waals surface area (Å²) in [5.74, 6) is 0.977. The summed E-state index contributed by atoms with van der Waals surface area (Å²) in [6.07, 6.45) is 2.10. The van der Waals surface area contributed by atoms with Gasteiger partial charge in [0, 0.05) is 24.5 Å². The van der Waals surface area contributed by atoms with Crippen molar-refractivity contribution in [2.45, 2.75) is 26.7 Å². The van der Waals surface area contributed by atoms with E-state index in [9.17, 15) is 0 Å². The molecule has 0 atom stereocenters. The van der Waals surface area contributed by atoms with Gasteiger partial charge in [-0.05, 0) is 44.6 Å². The van der Waals surface area contributed by atoms with Crippen LogP contribution in [-0.2, 0) is 6.42 Å². The van der Waals surface area contributed by atoms with E-state index < -0.39 is 0 Å². The van der Waals surface area contributed by atoms with Gasteiger partial charge in [-0.25, -0.2) is 4.98 Å². The van der Waals surface area contributed by atoms with Crippen molar-refractivity contribution in [3.05, 3.63) is 16.2 Å². The molecule has 0 N–H and O–H groups in total. The standard InChI is InChI=1S/C15H23ClN4S/c1-5-7-20(9-8-19(3)4)13-12-10-11(6-2)21-14(12)18-15(16)17-13/h10H,5-9H2,1-4H3. The Kier molecular flexibility index (Phi) is 5.79. The second-order valence-corrected chi connectivity index (χ2v) is 6.84. The summed E-state index contributed by atoms with van der Waals surface area (Å²) in [5.41, 5.74) is 0. The molecule has 21 heavy (non-hydrogen) atoms. The fourth-order valence-electron chi connectivity index (χ4n) is 2.26. The maximum Gasteiger partial charge on any atom is 0.225 e. The van der Waals surface area contributed by atoms with E-state index in [0.717, 1.165) is 48.5 Å². The number of hydrogen-bond acceptors (Lipinski definition) is 5. The van der Waals surface area contributed by atoms with Crippen molar-refractivity contribution in [2.75, 3.05) is 38.6 Å². The van der Waals surface area contributed by atoms with Crippen LogP contribution < -0.4 is 4.90 Å². The summed E-state index contributed by atoms with van der Waals surface area (Å²) in [5, 5.41) is 1.47. The molecule has 4 nitrogen and oxygen atoms in total. The highest BCUT2D eigenvalue weighted by molar-refractivity contribution is 7.18. The molecule has 0 aliphatic heterocycles. The number of rotatable bonds is 7. The van der Waals surface area contributed by atoms with Gasteiger partial charge < -0.3 is 9.80 Å². The highest BCUT2D eigenvalue weighted by Gasteiger charge is 2.16. The molecule has 0 fully saturated rings. The molecule has 0 amide bonds. The van der Waals surface area contributed by atoms with Crippen LogP contribution in [0.4, 0.5) is 5.82 Å². The lowest BCUT2D eigenvalue weighted by atomic mass is 10.2. The molecule has 0 bridgehead atoms. The van der Waals surface area contributed by atoms with E-state index in [-0.39, 0.29) is 0 Å². The molecule has 0 saturated carbocycles. The van der Waals surface area contributed by atoms with Crippen molar-refractivity contribution >= 4 is 39.0 Å². The normalized spacial score (nSPS) is 11.5. The number of likely N-dealkylation sites (N-methyl/N-ethyl adjacent to an activating group) is 1. The molecule has 0 radical (unpaired) electrons. The van der Waals surface area contributed by atoms with Crippen LogP contribution in [0, 0.1) is 0 Å². The lowest BCUT2D eigenvalue weighted by Gasteiger charge is -2.25. The quantitative estimate of drug-likeness (QED) is 0.726. The molecule has 2 aromatic rings. The molecule has 2 heterocycles. The van der Waals surface area contributed by atoms with Crippen molar-refractivity contribution in [1.29, 1.82) is 0 Å². The molecule has 116 valence electrons. The van der Waals surface area contributed by atoms with Gasteiger partial charge in [0.1, 0.15) is 10.6 Å². The highest BCUT2D eigenvalue weighted by atomic mass is 35.5.